The maximum atomic E-state index is 13.6. The Hall–Kier alpha value is -3.35. The second-order valence-corrected chi connectivity index (χ2v) is 5.99. The number of benzene rings is 2. The number of amides is 1. The minimum Gasteiger partial charge on any atom is -0.449 e. The quantitative estimate of drug-likeness (QED) is 0.705. The van der Waals surface area contributed by atoms with Crippen LogP contribution in [0.5, 0.6) is 0 Å². The molecule has 3 rings (SSSR count). The van der Waals surface area contributed by atoms with Crippen molar-refractivity contribution in [1.29, 1.82) is 0 Å². The van der Waals surface area contributed by atoms with Gasteiger partial charge >= 0.3 is 5.97 Å². The van der Waals surface area contributed by atoms with Crippen LogP contribution in [0.3, 0.4) is 0 Å². The van der Waals surface area contributed by atoms with Crippen molar-refractivity contribution in [3.8, 4) is 0 Å². The molecule has 0 fully saturated rings. The Morgan fingerprint density at radius 2 is 1.85 bits per heavy atom. The third-order valence-corrected chi connectivity index (χ3v) is 3.90. The highest BCUT2D eigenvalue weighted by molar-refractivity contribution is 6.05. The van der Waals surface area contributed by atoms with E-state index < -0.39 is 29.6 Å². The van der Waals surface area contributed by atoms with Crippen LogP contribution in [-0.4, -0.2) is 23.0 Å². The van der Waals surface area contributed by atoms with Gasteiger partial charge in [0.2, 0.25) is 0 Å². The molecule has 0 saturated carbocycles. The van der Waals surface area contributed by atoms with E-state index in [9.17, 15) is 18.4 Å². The van der Waals surface area contributed by atoms with Crippen LogP contribution in [0.15, 0.2) is 48.5 Å². The average Bonchev–Trinajstić information content (AvgIpc) is 2.63. The van der Waals surface area contributed by atoms with Gasteiger partial charge in [0.15, 0.2) is 6.10 Å². The van der Waals surface area contributed by atoms with Crippen LogP contribution in [0.1, 0.15) is 23.0 Å². The Bertz CT molecular complexity index is 1040. The number of anilines is 1. The zero-order valence-corrected chi connectivity index (χ0v) is 14.6. The first kappa shape index (κ1) is 18.4. The van der Waals surface area contributed by atoms with E-state index in [0.717, 1.165) is 18.2 Å². The van der Waals surface area contributed by atoms with Gasteiger partial charge in [-0.3, -0.25) is 9.78 Å². The standard InChI is InChI=1S/C20H16F2N2O3/c1-11-9-15(14-5-3-4-6-17(14)23-11)20(26)27-12(2)19(25)24-18-10-13(21)7-8-16(18)22/h3-10,12H,1-2H3,(H,24,25). The van der Waals surface area contributed by atoms with Crippen LogP contribution in [0.2, 0.25) is 0 Å². The number of nitrogens with one attached hydrogen (secondary N) is 1. The fourth-order valence-electron chi connectivity index (χ4n) is 2.58. The van der Waals surface area contributed by atoms with Gasteiger partial charge in [0.05, 0.1) is 16.8 Å². The molecule has 0 aliphatic rings. The van der Waals surface area contributed by atoms with Crippen LogP contribution in [-0.2, 0) is 9.53 Å². The van der Waals surface area contributed by atoms with E-state index in [4.69, 9.17) is 4.74 Å². The molecule has 1 heterocycles. The number of halogens is 2. The molecule has 0 saturated heterocycles. The number of carbonyl (C=O) groups excluding carboxylic acids is 2. The van der Waals surface area contributed by atoms with Gasteiger partial charge in [-0.2, -0.15) is 0 Å². The number of hydrogen-bond acceptors (Lipinski definition) is 4. The van der Waals surface area contributed by atoms with Gasteiger partial charge in [-0.25, -0.2) is 13.6 Å². The van der Waals surface area contributed by atoms with Gasteiger partial charge in [0, 0.05) is 17.1 Å². The van der Waals surface area contributed by atoms with E-state index in [-0.39, 0.29) is 11.3 Å². The molecule has 5 nitrogen and oxygen atoms in total. The van der Waals surface area contributed by atoms with Gasteiger partial charge in [-0.15, -0.1) is 0 Å². The minimum absolute atomic E-state index is 0.273. The lowest BCUT2D eigenvalue weighted by Gasteiger charge is -2.15. The highest BCUT2D eigenvalue weighted by Crippen LogP contribution is 2.20. The van der Waals surface area contributed by atoms with Gasteiger partial charge in [0.25, 0.3) is 5.91 Å². The summed E-state index contributed by atoms with van der Waals surface area (Å²) in [5.41, 5.74) is 1.20. The zero-order chi connectivity index (χ0) is 19.6. The smallest absolute Gasteiger partial charge is 0.339 e. The fourth-order valence-corrected chi connectivity index (χ4v) is 2.58. The number of fused-ring (bicyclic) bond motifs is 1. The first-order chi connectivity index (χ1) is 12.8. The van der Waals surface area contributed by atoms with Gasteiger partial charge in [-0.05, 0) is 38.1 Å². The Kier molecular flexibility index (Phi) is 5.12. The molecule has 27 heavy (non-hydrogen) atoms. The molecule has 1 amide bonds. The molecule has 1 N–H and O–H groups in total. The van der Waals surface area contributed by atoms with Gasteiger partial charge < -0.3 is 10.1 Å². The highest BCUT2D eigenvalue weighted by Gasteiger charge is 2.22. The van der Waals surface area contributed by atoms with Crippen LogP contribution in [0.4, 0.5) is 14.5 Å². The molecule has 0 aliphatic carbocycles. The lowest BCUT2D eigenvalue weighted by molar-refractivity contribution is -0.123. The zero-order valence-electron chi connectivity index (χ0n) is 14.6. The SMILES string of the molecule is Cc1cc(C(=O)OC(C)C(=O)Nc2cc(F)ccc2F)c2ccccc2n1. The third kappa shape index (κ3) is 4.08. The summed E-state index contributed by atoms with van der Waals surface area (Å²) in [5, 5.41) is 2.81. The van der Waals surface area contributed by atoms with E-state index in [1.165, 1.54) is 6.92 Å². The Balaban J connectivity index is 1.78. The van der Waals surface area contributed by atoms with Crippen LogP contribution in [0, 0.1) is 18.6 Å². The Labute approximate surface area is 154 Å². The summed E-state index contributed by atoms with van der Waals surface area (Å²) in [4.78, 5) is 29.1. The van der Waals surface area contributed by atoms with E-state index in [2.05, 4.69) is 10.3 Å². The molecule has 1 atom stereocenters. The molecular weight excluding hydrogens is 354 g/mol. The summed E-state index contributed by atoms with van der Waals surface area (Å²) in [7, 11) is 0. The monoisotopic (exact) mass is 370 g/mol. The first-order valence-corrected chi connectivity index (χ1v) is 8.18. The van der Waals surface area contributed by atoms with Crippen molar-refractivity contribution >= 4 is 28.5 Å². The van der Waals surface area contributed by atoms with E-state index >= 15 is 0 Å². The summed E-state index contributed by atoms with van der Waals surface area (Å²) in [6.07, 6.45) is -1.22. The van der Waals surface area contributed by atoms with Crippen molar-refractivity contribution in [1.82, 2.24) is 4.98 Å². The van der Waals surface area contributed by atoms with Crippen molar-refractivity contribution in [3.05, 3.63) is 71.4 Å². The number of nitrogens with zero attached hydrogens (tertiary/aromatic N) is 1. The molecule has 0 bridgehead atoms. The molecule has 0 spiro atoms. The second kappa shape index (κ2) is 7.49. The number of ether oxygens (including phenoxy) is 1. The van der Waals surface area contributed by atoms with Crippen LogP contribution < -0.4 is 5.32 Å². The lowest BCUT2D eigenvalue weighted by atomic mass is 10.1. The summed E-state index contributed by atoms with van der Waals surface area (Å²) in [6.45, 7) is 3.09. The van der Waals surface area contributed by atoms with Crippen molar-refractivity contribution in [2.45, 2.75) is 20.0 Å². The topological polar surface area (TPSA) is 68.3 Å². The number of hydrogen-bond donors (Lipinski definition) is 1. The Morgan fingerprint density at radius 3 is 2.63 bits per heavy atom. The van der Waals surface area contributed by atoms with Gasteiger partial charge in [0.1, 0.15) is 11.6 Å². The molecule has 1 unspecified atom stereocenters. The molecule has 3 aromatic rings. The third-order valence-electron chi connectivity index (χ3n) is 3.90. The van der Waals surface area contributed by atoms with Crippen molar-refractivity contribution < 1.29 is 23.1 Å². The summed E-state index contributed by atoms with van der Waals surface area (Å²) < 4.78 is 32.1. The summed E-state index contributed by atoms with van der Waals surface area (Å²) in [5.74, 6) is -2.98. The molecule has 7 heteroatoms. The molecule has 138 valence electrons. The number of aromatic nitrogens is 1. The number of rotatable bonds is 4. The van der Waals surface area contributed by atoms with Crippen LogP contribution in [0.25, 0.3) is 10.9 Å². The average molecular weight is 370 g/mol. The molecular formula is C20H16F2N2O3. The number of esters is 1. The predicted octanol–water partition coefficient (Wildman–Crippen LogP) is 4.01. The fraction of sp³-hybridized carbons (Fsp3) is 0.150. The lowest BCUT2D eigenvalue weighted by Crippen LogP contribution is -2.30. The van der Waals surface area contributed by atoms with Crippen LogP contribution >= 0.6 is 0 Å². The maximum Gasteiger partial charge on any atom is 0.339 e. The number of pyridine rings is 1. The molecule has 0 radical (unpaired) electrons. The molecule has 1 aromatic heterocycles. The van der Waals surface area contributed by atoms with Crippen molar-refractivity contribution in [3.63, 3.8) is 0 Å². The van der Waals surface area contributed by atoms with Gasteiger partial charge in [-0.1, -0.05) is 18.2 Å². The largest absolute Gasteiger partial charge is 0.449 e. The van der Waals surface area contributed by atoms with Crippen molar-refractivity contribution in [2.24, 2.45) is 0 Å². The Morgan fingerprint density at radius 1 is 1.11 bits per heavy atom. The molecule has 2 aromatic carbocycles. The van der Waals surface area contributed by atoms with E-state index in [1.54, 1.807) is 37.3 Å². The highest BCUT2D eigenvalue weighted by atomic mass is 19.1. The van der Waals surface area contributed by atoms with Crippen molar-refractivity contribution in [2.75, 3.05) is 5.32 Å². The second-order valence-electron chi connectivity index (χ2n) is 5.99. The van der Waals surface area contributed by atoms with E-state index in [0.29, 0.717) is 16.6 Å². The summed E-state index contributed by atoms with van der Waals surface area (Å²) in [6, 6.07) is 11.3. The normalized spacial score (nSPS) is 11.9. The maximum absolute atomic E-state index is 13.6. The number of carbonyl (C=O) groups is 2. The number of para-hydroxylation sites is 1. The first-order valence-electron chi connectivity index (χ1n) is 8.18. The minimum atomic E-state index is -1.22. The van der Waals surface area contributed by atoms with E-state index in [1.807, 2.05) is 0 Å². The predicted molar refractivity (Wildman–Crippen MR) is 96.3 cm³/mol. The summed E-state index contributed by atoms with van der Waals surface area (Å²) >= 11 is 0. The number of aryl methyl sites for hydroxylation is 1. The molecule has 0 aliphatic heterocycles.